The Labute approximate surface area is 109 Å². The topological polar surface area (TPSA) is 49.8 Å². The van der Waals surface area contributed by atoms with E-state index in [-0.39, 0.29) is 12.2 Å². The molecule has 1 aliphatic heterocycles. The van der Waals surface area contributed by atoms with Crippen molar-refractivity contribution in [2.45, 2.75) is 51.0 Å². The lowest BCUT2D eigenvalue weighted by atomic mass is 9.86. The van der Waals surface area contributed by atoms with Gasteiger partial charge in [-0.25, -0.2) is 4.79 Å². The van der Waals surface area contributed by atoms with Crippen molar-refractivity contribution < 1.29 is 14.6 Å². The maximum absolute atomic E-state index is 10.5. The van der Waals surface area contributed by atoms with E-state index in [9.17, 15) is 4.79 Å². The van der Waals surface area contributed by atoms with Gasteiger partial charge in [-0.1, -0.05) is 32.1 Å². The van der Waals surface area contributed by atoms with E-state index in [1.807, 2.05) is 6.92 Å². The Morgan fingerprint density at radius 3 is 2.61 bits per heavy atom. The van der Waals surface area contributed by atoms with Gasteiger partial charge in [0.2, 0.25) is 0 Å². The predicted molar refractivity (Wildman–Crippen MR) is 69.6 cm³/mol. The average molecular weight is 255 g/mol. The lowest BCUT2D eigenvalue weighted by Crippen LogP contribution is -2.61. The molecule has 2 aliphatic rings. The fourth-order valence-electron chi connectivity index (χ4n) is 3.23. The summed E-state index contributed by atoms with van der Waals surface area (Å²) in [6.45, 7) is 4.75. The first-order valence-corrected chi connectivity index (χ1v) is 7.15. The van der Waals surface area contributed by atoms with Crippen molar-refractivity contribution in [3.8, 4) is 0 Å². The van der Waals surface area contributed by atoms with Crippen LogP contribution in [-0.2, 0) is 9.53 Å². The minimum absolute atomic E-state index is 0.174. The summed E-state index contributed by atoms with van der Waals surface area (Å²) in [5.74, 6) is 0.0439. The minimum Gasteiger partial charge on any atom is -0.480 e. The molecule has 4 nitrogen and oxygen atoms in total. The number of nitrogens with zero attached hydrogens (tertiary/aromatic N) is 1. The molecule has 104 valence electrons. The Balaban J connectivity index is 1.58. The lowest BCUT2D eigenvalue weighted by molar-refractivity contribution is -0.165. The summed E-state index contributed by atoms with van der Waals surface area (Å²) < 4.78 is 5.41. The molecule has 0 radical (unpaired) electrons. The van der Waals surface area contributed by atoms with Gasteiger partial charge >= 0.3 is 5.97 Å². The number of likely N-dealkylation sites (tertiary alicyclic amines) is 1. The molecule has 1 aliphatic carbocycles. The van der Waals surface area contributed by atoms with E-state index >= 15 is 0 Å². The number of carbonyl (C=O) groups is 1. The summed E-state index contributed by atoms with van der Waals surface area (Å²) in [6, 6.07) is 0. The zero-order chi connectivity index (χ0) is 13.0. The van der Waals surface area contributed by atoms with Crippen molar-refractivity contribution >= 4 is 5.97 Å². The molecule has 0 spiro atoms. The maximum atomic E-state index is 10.5. The van der Waals surface area contributed by atoms with Gasteiger partial charge in [0.1, 0.15) is 6.61 Å². The van der Waals surface area contributed by atoms with E-state index in [0.29, 0.717) is 0 Å². The van der Waals surface area contributed by atoms with Crippen LogP contribution in [0.3, 0.4) is 0 Å². The molecule has 18 heavy (non-hydrogen) atoms. The van der Waals surface area contributed by atoms with Gasteiger partial charge in [-0.3, -0.25) is 4.90 Å². The van der Waals surface area contributed by atoms with Gasteiger partial charge in [0.25, 0.3) is 0 Å². The summed E-state index contributed by atoms with van der Waals surface area (Å²) in [7, 11) is 0. The minimum atomic E-state index is -0.878. The number of ether oxygens (including phenoxy) is 1. The van der Waals surface area contributed by atoms with Crippen molar-refractivity contribution in [3.63, 3.8) is 0 Å². The van der Waals surface area contributed by atoms with Crippen molar-refractivity contribution in [1.82, 2.24) is 4.90 Å². The molecule has 1 heterocycles. The summed E-state index contributed by atoms with van der Waals surface area (Å²) in [5.41, 5.74) is -0.231. The summed E-state index contributed by atoms with van der Waals surface area (Å²) in [5, 5.41) is 8.60. The Morgan fingerprint density at radius 1 is 1.33 bits per heavy atom. The molecular formula is C14H25NO3. The van der Waals surface area contributed by atoms with Crippen molar-refractivity contribution in [2.75, 3.05) is 26.2 Å². The molecule has 2 fully saturated rings. The number of aliphatic carboxylic acids is 1. The number of hydrogen-bond acceptors (Lipinski definition) is 3. The van der Waals surface area contributed by atoms with Crippen LogP contribution in [0.25, 0.3) is 0 Å². The third-order valence-electron chi connectivity index (χ3n) is 4.24. The van der Waals surface area contributed by atoms with E-state index in [4.69, 9.17) is 9.84 Å². The second kappa shape index (κ2) is 6.02. The van der Waals surface area contributed by atoms with Crippen LogP contribution in [0.4, 0.5) is 0 Å². The van der Waals surface area contributed by atoms with E-state index in [0.717, 1.165) is 25.6 Å². The molecule has 0 aromatic carbocycles. The molecule has 0 unspecified atom stereocenters. The molecule has 4 heteroatoms. The molecule has 0 atom stereocenters. The molecule has 1 saturated carbocycles. The fraction of sp³-hybridized carbons (Fsp3) is 0.929. The van der Waals surface area contributed by atoms with Crippen LogP contribution < -0.4 is 0 Å². The monoisotopic (exact) mass is 255 g/mol. The van der Waals surface area contributed by atoms with Gasteiger partial charge in [-0.05, 0) is 25.8 Å². The Hall–Kier alpha value is -0.610. The second-order valence-electron chi connectivity index (χ2n) is 6.14. The molecule has 0 bridgehead atoms. The van der Waals surface area contributed by atoms with Crippen LogP contribution in [0.5, 0.6) is 0 Å². The zero-order valence-corrected chi connectivity index (χ0v) is 11.4. The van der Waals surface area contributed by atoms with Crippen molar-refractivity contribution in [2.24, 2.45) is 5.92 Å². The first-order chi connectivity index (χ1) is 8.57. The van der Waals surface area contributed by atoms with E-state index in [1.165, 1.54) is 38.5 Å². The predicted octanol–water partition coefficient (Wildman–Crippen LogP) is 2.13. The molecule has 0 amide bonds. The highest BCUT2D eigenvalue weighted by Gasteiger charge is 2.39. The third kappa shape index (κ3) is 3.95. The maximum Gasteiger partial charge on any atom is 0.329 e. The molecule has 1 N–H and O–H groups in total. The number of hydrogen-bond donors (Lipinski definition) is 1. The largest absolute Gasteiger partial charge is 0.480 e. The van der Waals surface area contributed by atoms with Gasteiger partial charge in [-0.2, -0.15) is 0 Å². The van der Waals surface area contributed by atoms with Crippen LogP contribution in [0, 0.1) is 5.92 Å². The lowest BCUT2D eigenvalue weighted by Gasteiger charge is -2.47. The van der Waals surface area contributed by atoms with Crippen molar-refractivity contribution in [1.29, 1.82) is 0 Å². The number of rotatable bonds is 6. The Bertz CT molecular complexity index is 281. The highest BCUT2D eigenvalue weighted by atomic mass is 16.5. The molecular weight excluding hydrogens is 230 g/mol. The van der Waals surface area contributed by atoms with Gasteiger partial charge in [0, 0.05) is 13.1 Å². The highest BCUT2D eigenvalue weighted by molar-refractivity contribution is 5.68. The average Bonchev–Trinajstić information content (AvgIpc) is 2.32. The number of carboxylic acids is 1. The molecule has 2 rings (SSSR count). The van der Waals surface area contributed by atoms with E-state index in [2.05, 4.69) is 4.90 Å². The van der Waals surface area contributed by atoms with Crippen LogP contribution in [0.2, 0.25) is 0 Å². The van der Waals surface area contributed by atoms with Crippen LogP contribution in [-0.4, -0.2) is 47.8 Å². The quantitative estimate of drug-likeness (QED) is 0.790. The van der Waals surface area contributed by atoms with Gasteiger partial charge < -0.3 is 9.84 Å². The Kier molecular flexibility index (Phi) is 4.62. The second-order valence-corrected chi connectivity index (χ2v) is 6.14. The zero-order valence-electron chi connectivity index (χ0n) is 11.4. The Morgan fingerprint density at radius 2 is 2.00 bits per heavy atom. The van der Waals surface area contributed by atoms with Crippen LogP contribution >= 0.6 is 0 Å². The van der Waals surface area contributed by atoms with E-state index < -0.39 is 5.97 Å². The highest BCUT2D eigenvalue weighted by Crippen LogP contribution is 2.29. The van der Waals surface area contributed by atoms with E-state index in [1.54, 1.807) is 0 Å². The van der Waals surface area contributed by atoms with Gasteiger partial charge in [0.05, 0.1) is 5.60 Å². The molecule has 0 aromatic heterocycles. The third-order valence-corrected chi connectivity index (χ3v) is 4.24. The number of carboxylic acid groups (broad SMARTS) is 1. The summed E-state index contributed by atoms with van der Waals surface area (Å²) >= 11 is 0. The van der Waals surface area contributed by atoms with Gasteiger partial charge in [0.15, 0.2) is 0 Å². The molecule has 1 saturated heterocycles. The van der Waals surface area contributed by atoms with Gasteiger partial charge in [-0.15, -0.1) is 0 Å². The fourth-order valence-corrected chi connectivity index (χ4v) is 3.23. The summed E-state index contributed by atoms with van der Waals surface area (Å²) in [4.78, 5) is 12.8. The van der Waals surface area contributed by atoms with Crippen molar-refractivity contribution in [3.05, 3.63) is 0 Å². The SMILES string of the molecule is CC1(OCC(=O)O)CN(CCC2CCCCC2)C1. The molecule has 0 aromatic rings. The summed E-state index contributed by atoms with van der Waals surface area (Å²) in [6.07, 6.45) is 8.34. The smallest absolute Gasteiger partial charge is 0.329 e. The van der Waals surface area contributed by atoms with Crippen LogP contribution in [0.15, 0.2) is 0 Å². The normalized spacial score (nSPS) is 24.7. The first-order valence-electron chi connectivity index (χ1n) is 7.15. The standard InChI is InChI=1S/C14H25NO3/c1-14(18-9-13(16)17)10-15(11-14)8-7-12-5-3-2-4-6-12/h12H,2-11H2,1H3,(H,16,17). The van der Waals surface area contributed by atoms with Crippen LogP contribution in [0.1, 0.15) is 45.4 Å². The first kappa shape index (κ1) is 13.8.